The van der Waals surface area contributed by atoms with Gasteiger partial charge in [-0.1, -0.05) is 60.3 Å². The summed E-state index contributed by atoms with van der Waals surface area (Å²) in [5, 5.41) is 0. The van der Waals surface area contributed by atoms with Crippen LogP contribution in [0.3, 0.4) is 0 Å². The van der Waals surface area contributed by atoms with Gasteiger partial charge >= 0.3 is 0 Å². The maximum Gasteiger partial charge on any atom is 0.219 e. The number of carbonyl (C=O) groups is 2. The van der Waals surface area contributed by atoms with Crippen molar-refractivity contribution < 1.29 is 19.1 Å². The van der Waals surface area contributed by atoms with Crippen LogP contribution in [0.4, 0.5) is 0 Å². The van der Waals surface area contributed by atoms with E-state index in [-0.39, 0.29) is 11.8 Å². The molecule has 0 saturated heterocycles. The molecule has 5 nitrogen and oxygen atoms in total. The number of hydrogen-bond donors (Lipinski definition) is 1. The number of ketones is 1. The highest BCUT2D eigenvalue weighted by Crippen LogP contribution is 2.29. The van der Waals surface area contributed by atoms with Gasteiger partial charge < -0.3 is 15.2 Å². The molecule has 2 aliphatic carbocycles. The number of carbonyl (C=O) groups excluding carboxylic acids is 2. The number of Topliss-reactive ketones (excluding diaryl/α,β-unsaturated/α-hetero) is 1. The Hall–Kier alpha value is -0.940. The van der Waals surface area contributed by atoms with E-state index in [0.29, 0.717) is 24.7 Å². The third-order valence-electron chi connectivity index (χ3n) is 5.06. The van der Waals surface area contributed by atoms with E-state index in [1.165, 1.54) is 38.5 Å². The van der Waals surface area contributed by atoms with Crippen molar-refractivity contribution in [3.63, 3.8) is 0 Å². The van der Waals surface area contributed by atoms with Crippen molar-refractivity contribution in [2.45, 2.75) is 98.8 Å². The first-order valence-corrected chi connectivity index (χ1v) is 11.8. The first-order valence-electron chi connectivity index (χ1n) is 11.8. The molecular formula is C24H49NO4. The summed E-state index contributed by atoms with van der Waals surface area (Å²) in [6.07, 6.45) is 11.7. The fourth-order valence-corrected chi connectivity index (χ4v) is 3.14. The van der Waals surface area contributed by atoms with E-state index in [9.17, 15) is 9.59 Å². The summed E-state index contributed by atoms with van der Waals surface area (Å²) in [7, 11) is 1.71. The molecule has 2 N–H and O–H groups in total. The van der Waals surface area contributed by atoms with E-state index < -0.39 is 0 Å². The molecule has 2 aliphatic rings. The van der Waals surface area contributed by atoms with Crippen molar-refractivity contribution in [3.8, 4) is 0 Å². The highest BCUT2D eigenvalue weighted by molar-refractivity contribution is 5.83. The SMILES string of the molecule is CC.CC(C)C(=O)C1CCC1.CCCOC.NC(=O)CCOCC1CCCCC1. The number of rotatable bonds is 9. The van der Waals surface area contributed by atoms with Gasteiger partial charge in [0.05, 0.1) is 6.61 Å². The van der Waals surface area contributed by atoms with Crippen molar-refractivity contribution in [3.05, 3.63) is 0 Å². The molecule has 174 valence electrons. The van der Waals surface area contributed by atoms with Gasteiger partial charge in [0.2, 0.25) is 5.91 Å². The molecule has 0 heterocycles. The molecule has 5 heteroatoms. The number of primary amides is 1. The van der Waals surface area contributed by atoms with Gasteiger partial charge in [0.1, 0.15) is 5.78 Å². The molecule has 0 spiro atoms. The Morgan fingerprint density at radius 2 is 1.55 bits per heavy atom. The molecule has 29 heavy (non-hydrogen) atoms. The monoisotopic (exact) mass is 415 g/mol. The highest BCUT2D eigenvalue weighted by atomic mass is 16.5. The molecule has 0 aliphatic heterocycles. The lowest BCUT2D eigenvalue weighted by molar-refractivity contribution is -0.128. The van der Waals surface area contributed by atoms with E-state index in [1.54, 1.807) is 7.11 Å². The average molecular weight is 416 g/mol. The van der Waals surface area contributed by atoms with E-state index in [0.717, 1.165) is 38.4 Å². The van der Waals surface area contributed by atoms with Crippen LogP contribution in [0.25, 0.3) is 0 Å². The Labute approximate surface area is 180 Å². The predicted molar refractivity (Wildman–Crippen MR) is 122 cm³/mol. The fourth-order valence-electron chi connectivity index (χ4n) is 3.14. The number of nitrogens with two attached hydrogens (primary N) is 1. The van der Waals surface area contributed by atoms with Crippen molar-refractivity contribution in [1.82, 2.24) is 0 Å². The van der Waals surface area contributed by atoms with E-state index in [1.807, 2.05) is 27.7 Å². The van der Waals surface area contributed by atoms with E-state index in [4.69, 9.17) is 15.2 Å². The zero-order valence-corrected chi connectivity index (χ0v) is 20.1. The van der Waals surface area contributed by atoms with Crippen molar-refractivity contribution in [2.75, 3.05) is 26.9 Å². The van der Waals surface area contributed by atoms with Gasteiger partial charge in [0.25, 0.3) is 0 Å². The zero-order chi connectivity index (χ0) is 22.5. The number of ether oxygens (including phenoxy) is 2. The van der Waals surface area contributed by atoms with Gasteiger partial charge in [-0.15, -0.1) is 0 Å². The van der Waals surface area contributed by atoms with Crippen molar-refractivity contribution in [1.29, 1.82) is 0 Å². The zero-order valence-electron chi connectivity index (χ0n) is 20.1. The van der Waals surface area contributed by atoms with Gasteiger partial charge in [-0.3, -0.25) is 9.59 Å². The molecule has 0 radical (unpaired) electrons. The summed E-state index contributed by atoms with van der Waals surface area (Å²) in [5.41, 5.74) is 4.99. The maximum absolute atomic E-state index is 11.1. The van der Waals surface area contributed by atoms with Crippen LogP contribution in [0.1, 0.15) is 98.8 Å². The second-order valence-electron chi connectivity index (χ2n) is 7.97. The summed E-state index contributed by atoms with van der Waals surface area (Å²) in [4.78, 5) is 21.5. The topological polar surface area (TPSA) is 78.6 Å². The number of methoxy groups -OCH3 is 1. The number of hydrogen-bond acceptors (Lipinski definition) is 4. The summed E-state index contributed by atoms with van der Waals surface area (Å²) in [6, 6.07) is 0. The minimum absolute atomic E-state index is 0.260. The fraction of sp³-hybridized carbons (Fsp3) is 0.917. The smallest absolute Gasteiger partial charge is 0.219 e. The lowest BCUT2D eigenvalue weighted by Gasteiger charge is -2.25. The van der Waals surface area contributed by atoms with Crippen LogP contribution in [0.15, 0.2) is 0 Å². The molecule has 2 rings (SSSR count). The molecular weight excluding hydrogens is 366 g/mol. The third-order valence-corrected chi connectivity index (χ3v) is 5.06. The van der Waals surface area contributed by atoms with Gasteiger partial charge in [-0.05, 0) is 38.0 Å². The van der Waals surface area contributed by atoms with Crippen LogP contribution in [-0.2, 0) is 19.1 Å². The maximum atomic E-state index is 11.1. The van der Waals surface area contributed by atoms with Gasteiger partial charge in [0, 0.05) is 38.6 Å². The Kier molecular flexibility index (Phi) is 22.7. The minimum atomic E-state index is -0.274. The summed E-state index contributed by atoms with van der Waals surface area (Å²) in [5.74, 6) is 1.62. The number of amides is 1. The van der Waals surface area contributed by atoms with Gasteiger partial charge in [-0.25, -0.2) is 0 Å². The van der Waals surface area contributed by atoms with E-state index in [2.05, 4.69) is 6.92 Å². The minimum Gasteiger partial charge on any atom is -0.385 e. The third kappa shape index (κ3) is 18.8. The molecule has 1 amide bonds. The summed E-state index contributed by atoms with van der Waals surface area (Å²) >= 11 is 0. The molecule has 0 aromatic carbocycles. The van der Waals surface area contributed by atoms with E-state index >= 15 is 0 Å². The Morgan fingerprint density at radius 3 is 1.86 bits per heavy atom. The standard InChI is InChI=1S/C10H19NO2.C8H14O.C4H10O.C2H6/c11-10(12)6-7-13-8-9-4-2-1-3-5-9;1-6(2)8(9)7-4-3-5-7;1-3-4-5-2;1-2/h9H,1-8H2,(H2,11,12);6-7H,3-5H2,1-2H3;3-4H2,1-2H3;1-2H3. The molecule has 2 fully saturated rings. The Morgan fingerprint density at radius 1 is 0.966 bits per heavy atom. The average Bonchev–Trinajstić information content (AvgIpc) is 2.68. The van der Waals surface area contributed by atoms with Gasteiger partial charge in [0.15, 0.2) is 0 Å². The molecule has 2 saturated carbocycles. The summed E-state index contributed by atoms with van der Waals surface area (Å²) < 4.78 is 10.1. The first-order chi connectivity index (χ1) is 13.9. The van der Waals surface area contributed by atoms with Crippen molar-refractivity contribution >= 4 is 11.7 Å². The second-order valence-corrected chi connectivity index (χ2v) is 7.97. The largest absolute Gasteiger partial charge is 0.385 e. The normalized spacial score (nSPS) is 16.2. The van der Waals surface area contributed by atoms with Crippen LogP contribution in [0.2, 0.25) is 0 Å². The predicted octanol–water partition coefficient (Wildman–Crippen LogP) is 5.54. The lowest BCUT2D eigenvalue weighted by Crippen LogP contribution is -2.25. The quantitative estimate of drug-likeness (QED) is 0.501. The van der Waals surface area contributed by atoms with Crippen LogP contribution in [0.5, 0.6) is 0 Å². The van der Waals surface area contributed by atoms with Crippen LogP contribution < -0.4 is 5.73 Å². The molecule has 0 aromatic heterocycles. The van der Waals surface area contributed by atoms with Gasteiger partial charge in [-0.2, -0.15) is 0 Å². The van der Waals surface area contributed by atoms with Crippen LogP contribution in [0, 0.1) is 17.8 Å². The summed E-state index contributed by atoms with van der Waals surface area (Å²) in [6.45, 7) is 12.3. The second kappa shape index (κ2) is 21.8. The molecule has 0 atom stereocenters. The Balaban J connectivity index is 0. The van der Waals surface area contributed by atoms with Crippen LogP contribution in [-0.4, -0.2) is 38.6 Å². The van der Waals surface area contributed by atoms with Crippen molar-refractivity contribution in [2.24, 2.45) is 23.5 Å². The van der Waals surface area contributed by atoms with Crippen LogP contribution >= 0.6 is 0 Å². The first kappa shape index (κ1) is 30.3. The molecule has 0 bridgehead atoms. The molecule has 0 unspecified atom stereocenters. The molecule has 0 aromatic rings. The lowest BCUT2D eigenvalue weighted by atomic mass is 9.79. The Bertz CT molecular complexity index is 373. The highest BCUT2D eigenvalue weighted by Gasteiger charge is 2.26.